The van der Waals surface area contributed by atoms with Crippen molar-refractivity contribution >= 4 is 0 Å². The van der Waals surface area contributed by atoms with Gasteiger partial charge < -0.3 is 4.74 Å². The Hall–Kier alpha value is -0.460. The second-order valence-corrected chi connectivity index (χ2v) is 2.75. The highest BCUT2D eigenvalue weighted by Crippen LogP contribution is 2.27. The van der Waals surface area contributed by atoms with Crippen molar-refractivity contribution in [1.29, 1.82) is 0 Å². The van der Waals surface area contributed by atoms with E-state index < -0.39 is 0 Å². The Balaban J connectivity index is 2.30. The quantitative estimate of drug-likeness (QED) is 0.516. The molecule has 0 heterocycles. The van der Waals surface area contributed by atoms with E-state index in [0.717, 1.165) is 5.92 Å². The van der Waals surface area contributed by atoms with Crippen molar-refractivity contribution in [2.75, 3.05) is 0 Å². The fourth-order valence-electron chi connectivity index (χ4n) is 1.44. The van der Waals surface area contributed by atoms with Crippen molar-refractivity contribution in [3.63, 3.8) is 0 Å². The molecule has 1 fully saturated rings. The summed E-state index contributed by atoms with van der Waals surface area (Å²) in [7, 11) is 0. The maximum absolute atomic E-state index is 5.28. The van der Waals surface area contributed by atoms with Gasteiger partial charge in [-0.05, 0) is 25.2 Å². The molecule has 9 heavy (non-hydrogen) atoms. The maximum atomic E-state index is 5.28. The van der Waals surface area contributed by atoms with Crippen molar-refractivity contribution in [2.45, 2.75) is 32.3 Å². The summed E-state index contributed by atoms with van der Waals surface area (Å²) in [5.74, 6) is 0.739. The molecule has 0 radical (unpaired) electrons. The minimum Gasteiger partial charge on any atom is -0.498 e. The fraction of sp³-hybridized carbons (Fsp3) is 0.750. The van der Waals surface area contributed by atoms with Crippen LogP contribution in [0, 0.1) is 5.92 Å². The van der Waals surface area contributed by atoms with Crippen LogP contribution in [0.15, 0.2) is 12.8 Å². The summed E-state index contributed by atoms with van der Waals surface area (Å²) in [6.07, 6.45) is 5.88. The van der Waals surface area contributed by atoms with E-state index in [9.17, 15) is 0 Å². The first-order valence-electron chi connectivity index (χ1n) is 3.61. The number of hydrogen-bond acceptors (Lipinski definition) is 1. The van der Waals surface area contributed by atoms with E-state index in [1.54, 1.807) is 6.26 Å². The lowest BCUT2D eigenvalue weighted by Crippen LogP contribution is -2.11. The van der Waals surface area contributed by atoms with Crippen molar-refractivity contribution in [2.24, 2.45) is 5.92 Å². The Kier molecular flexibility index (Phi) is 2.15. The van der Waals surface area contributed by atoms with Crippen LogP contribution in [0.1, 0.15) is 26.2 Å². The molecular formula is C8H14O. The Bertz CT molecular complexity index is 98.7. The van der Waals surface area contributed by atoms with E-state index in [4.69, 9.17) is 4.74 Å². The second-order valence-electron chi connectivity index (χ2n) is 2.75. The van der Waals surface area contributed by atoms with Gasteiger partial charge in [0, 0.05) is 0 Å². The summed E-state index contributed by atoms with van der Waals surface area (Å²) in [4.78, 5) is 0. The third-order valence-corrected chi connectivity index (χ3v) is 2.05. The zero-order valence-corrected chi connectivity index (χ0v) is 5.97. The highest BCUT2D eigenvalue weighted by molar-refractivity contribution is 4.76. The molecule has 1 aliphatic rings. The largest absolute Gasteiger partial charge is 0.498 e. The number of ether oxygens (including phenoxy) is 1. The Morgan fingerprint density at radius 2 is 2.33 bits per heavy atom. The van der Waals surface area contributed by atoms with Gasteiger partial charge in [-0.25, -0.2) is 0 Å². The van der Waals surface area contributed by atoms with Gasteiger partial charge in [0.25, 0.3) is 0 Å². The molecular weight excluding hydrogens is 112 g/mol. The van der Waals surface area contributed by atoms with Crippen molar-refractivity contribution in [3.8, 4) is 0 Å². The van der Waals surface area contributed by atoms with Crippen LogP contribution in [0.2, 0.25) is 0 Å². The number of rotatable bonds is 2. The molecule has 0 spiro atoms. The van der Waals surface area contributed by atoms with E-state index in [0.29, 0.717) is 6.10 Å². The first-order valence-corrected chi connectivity index (χ1v) is 3.61. The third-order valence-electron chi connectivity index (χ3n) is 2.05. The molecule has 1 rings (SSSR count). The van der Waals surface area contributed by atoms with Gasteiger partial charge >= 0.3 is 0 Å². The van der Waals surface area contributed by atoms with Crippen LogP contribution in [0.3, 0.4) is 0 Å². The molecule has 2 atom stereocenters. The Labute approximate surface area is 56.7 Å². The van der Waals surface area contributed by atoms with Crippen LogP contribution in [0.25, 0.3) is 0 Å². The summed E-state index contributed by atoms with van der Waals surface area (Å²) < 4.78 is 5.28. The van der Waals surface area contributed by atoms with Crippen molar-refractivity contribution in [1.82, 2.24) is 0 Å². The monoisotopic (exact) mass is 126 g/mol. The molecule has 0 aromatic heterocycles. The van der Waals surface area contributed by atoms with Gasteiger partial charge in [0.15, 0.2) is 0 Å². The summed E-state index contributed by atoms with van der Waals surface area (Å²) in [6, 6.07) is 0. The zero-order chi connectivity index (χ0) is 6.69. The first-order chi connectivity index (χ1) is 4.34. The van der Waals surface area contributed by atoms with Gasteiger partial charge in [-0.2, -0.15) is 0 Å². The summed E-state index contributed by atoms with van der Waals surface area (Å²) in [5.41, 5.74) is 0. The van der Waals surface area contributed by atoms with Crippen LogP contribution in [-0.4, -0.2) is 6.10 Å². The molecule has 0 saturated heterocycles. The van der Waals surface area contributed by atoms with E-state index in [2.05, 4.69) is 13.5 Å². The van der Waals surface area contributed by atoms with E-state index >= 15 is 0 Å². The average molecular weight is 126 g/mol. The lowest BCUT2D eigenvalue weighted by molar-refractivity contribution is 0.116. The van der Waals surface area contributed by atoms with Gasteiger partial charge in [-0.1, -0.05) is 13.5 Å². The SMILES string of the molecule is C=COC1CCCC1C. The van der Waals surface area contributed by atoms with Gasteiger partial charge in [-0.15, -0.1) is 0 Å². The first kappa shape index (κ1) is 6.66. The molecule has 0 amide bonds. The number of hydrogen-bond donors (Lipinski definition) is 0. The lowest BCUT2D eigenvalue weighted by Gasteiger charge is -2.13. The van der Waals surface area contributed by atoms with Gasteiger partial charge in [0.2, 0.25) is 0 Å². The Morgan fingerprint density at radius 1 is 1.56 bits per heavy atom. The third kappa shape index (κ3) is 1.47. The smallest absolute Gasteiger partial charge is 0.100 e. The maximum Gasteiger partial charge on any atom is 0.100 e. The predicted molar refractivity (Wildman–Crippen MR) is 38.1 cm³/mol. The molecule has 2 unspecified atom stereocenters. The van der Waals surface area contributed by atoms with Crippen LogP contribution in [0.4, 0.5) is 0 Å². The molecule has 1 aliphatic carbocycles. The molecule has 1 nitrogen and oxygen atoms in total. The molecule has 0 aromatic carbocycles. The standard InChI is InChI=1S/C8H14O/c1-3-9-8-6-4-5-7(8)2/h3,7-8H,1,4-6H2,2H3. The Morgan fingerprint density at radius 3 is 2.78 bits per heavy atom. The highest BCUT2D eigenvalue weighted by Gasteiger charge is 2.23. The second kappa shape index (κ2) is 2.90. The molecule has 1 saturated carbocycles. The normalized spacial score (nSPS) is 34.3. The van der Waals surface area contributed by atoms with Gasteiger partial charge in [0.1, 0.15) is 6.10 Å². The van der Waals surface area contributed by atoms with Crippen LogP contribution >= 0.6 is 0 Å². The lowest BCUT2D eigenvalue weighted by atomic mass is 10.1. The molecule has 1 heteroatoms. The molecule has 0 aromatic rings. The molecule has 0 N–H and O–H groups in total. The van der Waals surface area contributed by atoms with Crippen LogP contribution in [0.5, 0.6) is 0 Å². The minimum atomic E-state index is 0.461. The summed E-state index contributed by atoms with van der Waals surface area (Å²) in [6.45, 7) is 5.77. The average Bonchev–Trinajstić information content (AvgIpc) is 2.18. The van der Waals surface area contributed by atoms with Crippen LogP contribution in [-0.2, 0) is 4.74 Å². The molecule has 0 aliphatic heterocycles. The van der Waals surface area contributed by atoms with Crippen molar-refractivity contribution < 1.29 is 4.74 Å². The van der Waals surface area contributed by atoms with Gasteiger partial charge in [-0.3, -0.25) is 0 Å². The molecule has 0 bridgehead atoms. The van der Waals surface area contributed by atoms with E-state index in [-0.39, 0.29) is 0 Å². The van der Waals surface area contributed by atoms with Crippen molar-refractivity contribution in [3.05, 3.63) is 12.8 Å². The minimum absolute atomic E-state index is 0.461. The van der Waals surface area contributed by atoms with Gasteiger partial charge in [0.05, 0.1) is 6.26 Å². The van der Waals surface area contributed by atoms with E-state index in [1.807, 2.05) is 0 Å². The van der Waals surface area contributed by atoms with E-state index in [1.165, 1.54) is 19.3 Å². The summed E-state index contributed by atoms with van der Waals surface area (Å²) >= 11 is 0. The molecule has 52 valence electrons. The fourth-order valence-corrected chi connectivity index (χ4v) is 1.44. The van der Waals surface area contributed by atoms with Crippen LogP contribution < -0.4 is 0 Å². The predicted octanol–water partition coefficient (Wildman–Crippen LogP) is 2.34. The zero-order valence-electron chi connectivity index (χ0n) is 5.97. The summed E-state index contributed by atoms with van der Waals surface area (Å²) in [5, 5.41) is 0. The topological polar surface area (TPSA) is 9.23 Å². The highest BCUT2D eigenvalue weighted by atomic mass is 16.5.